The minimum Gasteiger partial charge on any atom is -0.396 e. The summed E-state index contributed by atoms with van der Waals surface area (Å²) in [6.07, 6.45) is 4.07. The van der Waals surface area contributed by atoms with E-state index in [1.54, 1.807) is 12.1 Å². The highest BCUT2D eigenvalue weighted by Crippen LogP contribution is 2.26. The molecule has 1 aliphatic rings. The Morgan fingerprint density at radius 3 is 3.06 bits per heavy atom. The van der Waals surface area contributed by atoms with Gasteiger partial charge in [0.1, 0.15) is 11.0 Å². The first kappa shape index (κ1) is 13.1. The fourth-order valence-corrected chi connectivity index (χ4v) is 2.65. The van der Waals surface area contributed by atoms with Crippen molar-refractivity contribution in [1.82, 2.24) is 4.98 Å². The monoisotopic (exact) mass is 265 g/mol. The summed E-state index contributed by atoms with van der Waals surface area (Å²) in [7, 11) is 0. The molecule has 4 nitrogen and oxygen atoms in total. The summed E-state index contributed by atoms with van der Waals surface area (Å²) in [6, 6.07) is 5.72. The summed E-state index contributed by atoms with van der Waals surface area (Å²) < 4.78 is 0. The number of aromatic nitrogens is 1. The van der Waals surface area contributed by atoms with Crippen molar-refractivity contribution >= 4 is 17.4 Å². The Hall–Kier alpha value is -1.31. The van der Waals surface area contributed by atoms with Crippen molar-refractivity contribution in [2.24, 2.45) is 0 Å². The molecule has 1 aliphatic heterocycles. The molecule has 1 aromatic heterocycles. The van der Waals surface area contributed by atoms with Gasteiger partial charge in [-0.1, -0.05) is 11.6 Å². The zero-order valence-electron chi connectivity index (χ0n) is 10.1. The van der Waals surface area contributed by atoms with Gasteiger partial charge in [-0.25, -0.2) is 4.98 Å². The van der Waals surface area contributed by atoms with E-state index in [4.69, 9.17) is 22.0 Å². The first-order valence-electron chi connectivity index (χ1n) is 6.20. The lowest BCUT2D eigenvalue weighted by Gasteiger charge is -2.36. The molecular formula is C13H16ClN3O. The Kier molecular flexibility index (Phi) is 4.40. The molecule has 1 unspecified atom stereocenters. The number of hydrogen-bond acceptors (Lipinski definition) is 4. The highest BCUT2D eigenvalue weighted by molar-refractivity contribution is 6.29. The van der Waals surface area contributed by atoms with E-state index in [-0.39, 0.29) is 6.61 Å². The molecule has 0 bridgehead atoms. The van der Waals surface area contributed by atoms with Gasteiger partial charge in [-0.3, -0.25) is 0 Å². The van der Waals surface area contributed by atoms with Gasteiger partial charge in [0.15, 0.2) is 0 Å². The number of halogens is 1. The van der Waals surface area contributed by atoms with E-state index in [0.717, 1.165) is 31.6 Å². The number of anilines is 1. The molecule has 1 saturated heterocycles. The molecule has 1 fully saturated rings. The van der Waals surface area contributed by atoms with E-state index in [2.05, 4.69) is 16.0 Å². The van der Waals surface area contributed by atoms with Crippen LogP contribution in [0.15, 0.2) is 12.1 Å². The third kappa shape index (κ3) is 2.92. The Morgan fingerprint density at radius 2 is 2.33 bits per heavy atom. The molecule has 0 aliphatic carbocycles. The number of aliphatic hydroxyl groups is 1. The third-order valence-corrected chi connectivity index (χ3v) is 3.49. The van der Waals surface area contributed by atoms with E-state index in [9.17, 15) is 0 Å². The van der Waals surface area contributed by atoms with Gasteiger partial charge in [0.2, 0.25) is 0 Å². The molecule has 96 valence electrons. The number of nitrogens with zero attached hydrogens (tertiary/aromatic N) is 3. The Morgan fingerprint density at radius 1 is 1.50 bits per heavy atom. The lowest BCUT2D eigenvalue weighted by molar-refractivity contribution is 0.262. The summed E-state index contributed by atoms with van der Waals surface area (Å²) >= 11 is 5.93. The zero-order chi connectivity index (χ0) is 13.0. The maximum Gasteiger partial charge on any atom is 0.132 e. The highest BCUT2D eigenvalue weighted by Gasteiger charge is 2.23. The second-order valence-electron chi connectivity index (χ2n) is 4.50. The predicted molar refractivity (Wildman–Crippen MR) is 70.6 cm³/mol. The van der Waals surface area contributed by atoms with Crippen LogP contribution < -0.4 is 4.90 Å². The van der Waals surface area contributed by atoms with Crippen molar-refractivity contribution in [3.63, 3.8) is 0 Å². The van der Waals surface area contributed by atoms with Gasteiger partial charge in [0, 0.05) is 19.2 Å². The van der Waals surface area contributed by atoms with E-state index < -0.39 is 0 Å². The van der Waals surface area contributed by atoms with Crippen LogP contribution in [0.3, 0.4) is 0 Å². The van der Waals surface area contributed by atoms with Gasteiger partial charge in [0.25, 0.3) is 0 Å². The average molecular weight is 266 g/mol. The Bertz CT molecular complexity index is 456. The quantitative estimate of drug-likeness (QED) is 0.853. The molecule has 2 rings (SSSR count). The Balaban J connectivity index is 2.27. The smallest absolute Gasteiger partial charge is 0.132 e. The topological polar surface area (TPSA) is 60.2 Å². The zero-order valence-corrected chi connectivity index (χ0v) is 10.9. The lowest BCUT2D eigenvalue weighted by Crippen LogP contribution is -2.40. The maximum absolute atomic E-state index is 9.11. The molecule has 1 aromatic rings. The molecule has 0 spiro atoms. The van der Waals surface area contributed by atoms with E-state index in [1.807, 2.05) is 0 Å². The summed E-state index contributed by atoms with van der Waals surface area (Å²) in [5.41, 5.74) is 0.526. The first-order chi connectivity index (χ1) is 8.74. The summed E-state index contributed by atoms with van der Waals surface area (Å²) in [5.74, 6) is 0.747. The summed E-state index contributed by atoms with van der Waals surface area (Å²) in [5, 5.41) is 18.4. The largest absolute Gasteiger partial charge is 0.396 e. The van der Waals surface area contributed by atoms with Gasteiger partial charge >= 0.3 is 0 Å². The van der Waals surface area contributed by atoms with Crippen LogP contribution in [-0.4, -0.2) is 29.3 Å². The van der Waals surface area contributed by atoms with E-state index >= 15 is 0 Å². The second kappa shape index (κ2) is 6.03. The molecule has 1 atom stereocenters. The van der Waals surface area contributed by atoms with Crippen molar-refractivity contribution in [2.75, 3.05) is 18.1 Å². The van der Waals surface area contributed by atoms with Crippen LogP contribution >= 0.6 is 11.6 Å². The molecule has 5 heteroatoms. The number of piperidine rings is 1. The molecule has 2 heterocycles. The molecule has 18 heavy (non-hydrogen) atoms. The predicted octanol–water partition coefficient (Wildman–Crippen LogP) is 2.35. The lowest BCUT2D eigenvalue weighted by atomic mass is 9.99. The number of pyridine rings is 1. The standard InChI is InChI=1S/C13H16ClN3O/c14-12-7-10(9-15)8-13(16-12)17-5-2-1-3-11(17)4-6-18/h7-8,11,18H,1-6H2. The van der Waals surface area contributed by atoms with Gasteiger partial charge in [0.05, 0.1) is 11.6 Å². The molecule has 1 N–H and O–H groups in total. The van der Waals surface area contributed by atoms with Crippen LogP contribution in [0, 0.1) is 11.3 Å². The number of rotatable bonds is 3. The molecule has 0 radical (unpaired) electrons. The minimum absolute atomic E-state index is 0.173. The molecule has 0 amide bonds. The van der Waals surface area contributed by atoms with Crippen LogP contribution in [-0.2, 0) is 0 Å². The van der Waals surface area contributed by atoms with Crippen LogP contribution in [0.1, 0.15) is 31.2 Å². The number of hydrogen-bond donors (Lipinski definition) is 1. The summed E-state index contributed by atoms with van der Waals surface area (Å²) in [6.45, 7) is 1.08. The van der Waals surface area contributed by atoms with Crippen LogP contribution in [0.25, 0.3) is 0 Å². The van der Waals surface area contributed by atoms with Crippen molar-refractivity contribution in [2.45, 2.75) is 31.7 Å². The SMILES string of the molecule is N#Cc1cc(Cl)nc(N2CCCCC2CCO)c1. The normalized spacial score (nSPS) is 19.6. The van der Waals surface area contributed by atoms with Crippen molar-refractivity contribution in [3.05, 3.63) is 22.8 Å². The van der Waals surface area contributed by atoms with E-state index in [1.165, 1.54) is 6.42 Å². The van der Waals surface area contributed by atoms with E-state index in [0.29, 0.717) is 16.8 Å². The van der Waals surface area contributed by atoms with Crippen LogP contribution in [0.5, 0.6) is 0 Å². The molecular weight excluding hydrogens is 250 g/mol. The van der Waals surface area contributed by atoms with Crippen molar-refractivity contribution in [3.8, 4) is 6.07 Å². The van der Waals surface area contributed by atoms with Crippen molar-refractivity contribution in [1.29, 1.82) is 5.26 Å². The third-order valence-electron chi connectivity index (χ3n) is 3.29. The van der Waals surface area contributed by atoms with Crippen LogP contribution in [0.4, 0.5) is 5.82 Å². The second-order valence-corrected chi connectivity index (χ2v) is 4.89. The molecule has 0 saturated carbocycles. The number of nitriles is 1. The fourth-order valence-electron chi connectivity index (χ4n) is 2.45. The minimum atomic E-state index is 0.173. The summed E-state index contributed by atoms with van der Waals surface area (Å²) in [4.78, 5) is 6.46. The van der Waals surface area contributed by atoms with Gasteiger partial charge in [-0.2, -0.15) is 5.26 Å². The van der Waals surface area contributed by atoms with Gasteiger partial charge in [-0.05, 0) is 37.8 Å². The van der Waals surface area contributed by atoms with Gasteiger partial charge in [-0.15, -0.1) is 0 Å². The maximum atomic E-state index is 9.11. The van der Waals surface area contributed by atoms with Gasteiger partial charge < -0.3 is 10.0 Å². The fraction of sp³-hybridized carbons (Fsp3) is 0.538. The first-order valence-corrected chi connectivity index (χ1v) is 6.57. The Labute approximate surface area is 112 Å². The highest BCUT2D eigenvalue weighted by atomic mass is 35.5. The van der Waals surface area contributed by atoms with Crippen molar-refractivity contribution < 1.29 is 5.11 Å². The molecule has 0 aromatic carbocycles. The van der Waals surface area contributed by atoms with Crippen LogP contribution in [0.2, 0.25) is 5.15 Å². The number of aliphatic hydroxyl groups excluding tert-OH is 1. The average Bonchev–Trinajstić information content (AvgIpc) is 2.39.